The first kappa shape index (κ1) is 16.3. The number of carbonyl (C=O) groups is 1. The molecule has 5 N–H and O–H groups in total. The number of anilines is 1. The Morgan fingerprint density at radius 3 is 2.62 bits per heavy atom. The van der Waals surface area contributed by atoms with Crippen molar-refractivity contribution >= 4 is 34.0 Å². The first-order valence-corrected chi connectivity index (χ1v) is 8.14. The van der Waals surface area contributed by atoms with Crippen LogP contribution in [-0.4, -0.2) is 45.3 Å². The normalized spacial score (nSPS) is 11.1. The number of aromatic nitrogens is 2. The molecule has 8 heteroatoms. The molecule has 0 fully saturated rings. The highest BCUT2D eigenvalue weighted by Gasteiger charge is 2.17. The molecular formula is C16H16N4O3S. The summed E-state index contributed by atoms with van der Waals surface area (Å²) in [5, 5.41) is 24.1. The number of aliphatic hydroxyl groups excluding tert-OH is 2. The van der Waals surface area contributed by atoms with Gasteiger partial charge in [0.25, 0.3) is 5.91 Å². The molecule has 3 rings (SSSR count). The minimum atomic E-state index is -0.580. The van der Waals surface area contributed by atoms with Gasteiger partial charge in [-0.15, -0.1) is 11.3 Å². The number of aliphatic hydroxyl groups is 2. The first-order valence-electron chi connectivity index (χ1n) is 7.26. The van der Waals surface area contributed by atoms with E-state index in [2.05, 4.69) is 15.3 Å². The van der Waals surface area contributed by atoms with Crippen LogP contribution in [0.5, 0.6) is 0 Å². The van der Waals surface area contributed by atoms with Crippen molar-refractivity contribution in [2.45, 2.75) is 6.04 Å². The fourth-order valence-electron chi connectivity index (χ4n) is 2.32. The third-order valence-electron chi connectivity index (χ3n) is 3.52. The SMILES string of the molecule is NC(=O)c1cccc2c(NC(CO)CO)nc(-c3cccs3)nc12. The second-order valence-electron chi connectivity index (χ2n) is 5.15. The summed E-state index contributed by atoms with van der Waals surface area (Å²) in [5.41, 5.74) is 6.18. The van der Waals surface area contributed by atoms with Crippen LogP contribution in [0.4, 0.5) is 5.82 Å². The molecule has 24 heavy (non-hydrogen) atoms. The summed E-state index contributed by atoms with van der Waals surface area (Å²) in [6, 6.07) is 8.23. The van der Waals surface area contributed by atoms with Crippen molar-refractivity contribution in [2.24, 2.45) is 5.73 Å². The third-order valence-corrected chi connectivity index (χ3v) is 4.38. The topological polar surface area (TPSA) is 121 Å². The van der Waals surface area contributed by atoms with Crippen LogP contribution in [0, 0.1) is 0 Å². The third kappa shape index (κ3) is 3.07. The number of primary amides is 1. The molecule has 0 aliphatic rings. The van der Waals surface area contributed by atoms with E-state index in [0.29, 0.717) is 28.1 Å². The van der Waals surface area contributed by atoms with Gasteiger partial charge in [0.15, 0.2) is 5.82 Å². The number of rotatable bonds is 6. The molecule has 2 heterocycles. The van der Waals surface area contributed by atoms with E-state index < -0.39 is 11.9 Å². The number of fused-ring (bicyclic) bond motifs is 1. The van der Waals surface area contributed by atoms with E-state index in [-0.39, 0.29) is 13.2 Å². The van der Waals surface area contributed by atoms with Crippen molar-refractivity contribution < 1.29 is 15.0 Å². The molecule has 0 aliphatic heterocycles. The maximum atomic E-state index is 11.7. The van der Waals surface area contributed by atoms with Gasteiger partial charge in [-0.25, -0.2) is 9.97 Å². The minimum Gasteiger partial charge on any atom is -0.394 e. The van der Waals surface area contributed by atoms with Gasteiger partial charge in [-0.1, -0.05) is 12.1 Å². The quantitative estimate of drug-likeness (QED) is 0.533. The maximum absolute atomic E-state index is 11.7. The van der Waals surface area contributed by atoms with Gasteiger partial charge in [-0.3, -0.25) is 4.79 Å². The molecule has 2 aromatic heterocycles. The van der Waals surface area contributed by atoms with Gasteiger partial charge in [0.05, 0.1) is 35.2 Å². The van der Waals surface area contributed by atoms with Gasteiger partial charge in [-0.2, -0.15) is 0 Å². The summed E-state index contributed by atoms with van der Waals surface area (Å²) >= 11 is 1.47. The molecule has 0 saturated heterocycles. The van der Waals surface area contributed by atoms with Crippen molar-refractivity contribution in [1.82, 2.24) is 9.97 Å². The standard InChI is InChI=1S/C16H16N4O3S/c17-14(23)10-3-1-4-11-13(10)19-16(12-5-2-6-24-12)20-15(11)18-9(7-21)8-22/h1-6,9,21-22H,7-8H2,(H2,17,23)(H,18,19,20). The lowest BCUT2D eigenvalue weighted by Crippen LogP contribution is -2.28. The van der Waals surface area contributed by atoms with E-state index in [1.165, 1.54) is 11.3 Å². The fourth-order valence-corrected chi connectivity index (χ4v) is 2.98. The molecule has 124 valence electrons. The molecule has 1 amide bonds. The van der Waals surface area contributed by atoms with Gasteiger partial charge < -0.3 is 21.3 Å². The molecule has 3 aromatic rings. The zero-order valence-corrected chi connectivity index (χ0v) is 13.5. The lowest BCUT2D eigenvalue weighted by molar-refractivity contribution is 0.100. The van der Waals surface area contributed by atoms with Gasteiger partial charge in [0.1, 0.15) is 5.82 Å². The highest BCUT2D eigenvalue weighted by molar-refractivity contribution is 7.13. The van der Waals surface area contributed by atoms with Crippen molar-refractivity contribution in [1.29, 1.82) is 0 Å². The second kappa shape index (κ2) is 6.91. The minimum absolute atomic E-state index is 0.258. The lowest BCUT2D eigenvalue weighted by atomic mass is 10.1. The van der Waals surface area contributed by atoms with E-state index in [4.69, 9.17) is 5.73 Å². The van der Waals surface area contributed by atoms with Crippen LogP contribution in [0.15, 0.2) is 35.7 Å². The molecule has 7 nitrogen and oxygen atoms in total. The Bertz CT molecular complexity index is 863. The van der Waals surface area contributed by atoms with Gasteiger partial charge in [-0.05, 0) is 23.6 Å². The van der Waals surface area contributed by atoms with Crippen LogP contribution in [-0.2, 0) is 0 Å². The number of hydrogen-bond acceptors (Lipinski definition) is 7. The smallest absolute Gasteiger partial charge is 0.250 e. The van der Waals surface area contributed by atoms with Gasteiger partial charge >= 0.3 is 0 Å². The zero-order chi connectivity index (χ0) is 17.1. The van der Waals surface area contributed by atoms with Crippen LogP contribution in [0.25, 0.3) is 21.6 Å². The van der Waals surface area contributed by atoms with Crippen molar-refractivity contribution in [2.75, 3.05) is 18.5 Å². The maximum Gasteiger partial charge on any atom is 0.250 e. The van der Waals surface area contributed by atoms with Gasteiger partial charge in [0.2, 0.25) is 0 Å². The van der Waals surface area contributed by atoms with Crippen molar-refractivity contribution in [3.8, 4) is 10.7 Å². The highest BCUT2D eigenvalue weighted by atomic mass is 32.1. The predicted octanol–water partition coefficient (Wildman–Crippen LogP) is 1.22. The molecule has 0 saturated carbocycles. The summed E-state index contributed by atoms with van der Waals surface area (Å²) in [7, 11) is 0. The molecule has 0 unspecified atom stereocenters. The van der Waals surface area contributed by atoms with Crippen LogP contribution < -0.4 is 11.1 Å². The average molecular weight is 344 g/mol. The monoisotopic (exact) mass is 344 g/mol. The Morgan fingerprint density at radius 2 is 2.00 bits per heavy atom. The number of nitrogens with zero attached hydrogens (tertiary/aromatic N) is 2. The Kier molecular flexibility index (Phi) is 4.70. The Hall–Kier alpha value is -2.55. The van der Waals surface area contributed by atoms with Gasteiger partial charge in [0, 0.05) is 5.39 Å². The molecule has 0 radical (unpaired) electrons. The number of thiophene rings is 1. The molecule has 0 aliphatic carbocycles. The van der Waals surface area contributed by atoms with E-state index in [0.717, 1.165) is 4.88 Å². The molecule has 0 spiro atoms. The first-order chi connectivity index (χ1) is 11.6. The average Bonchev–Trinajstić information content (AvgIpc) is 3.13. The Balaban J connectivity index is 2.24. The molecule has 0 atom stereocenters. The fraction of sp³-hybridized carbons (Fsp3) is 0.188. The van der Waals surface area contributed by atoms with Crippen LogP contribution in [0.3, 0.4) is 0 Å². The molecular weight excluding hydrogens is 328 g/mol. The Labute approximate surface area is 141 Å². The summed E-state index contributed by atoms with van der Waals surface area (Å²) in [6.07, 6.45) is 0. The van der Waals surface area contributed by atoms with Crippen LogP contribution in [0.2, 0.25) is 0 Å². The number of benzene rings is 1. The van der Waals surface area contributed by atoms with Crippen molar-refractivity contribution in [3.63, 3.8) is 0 Å². The number of para-hydroxylation sites is 1. The summed E-state index contributed by atoms with van der Waals surface area (Å²) in [5.74, 6) is 0.297. The number of nitrogens with one attached hydrogen (secondary N) is 1. The van der Waals surface area contributed by atoms with Crippen LogP contribution >= 0.6 is 11.3 Å². The van der Waals surface area contributed by atoms with Crippen molar-refractivity contribution in [3.05, 3.63) is 41.3 Å². The van der Waals surface area contributed by atoms with E-state index >= 15 is 0 Å². The summed E-state index contributed by atoms with van der Waals surface area (Å²) < 4.78 is 0. The number of carbonyl (C=O) groups excluding carboxylic acids is 1. The number of hydrogen-bond donors (Lipinski definition) is 4. The highest BCUT2D eigenvalue weighted by Crippen LogP contribution is 2.29. The predicted molar refractivity (Wildman–Crippen MR) is 93.0 cm³/mol. The number of nitrogens with two attached hydrogens (primary N) is 1. The van der Waals surface area contributed by atoms with E-state index in [9.17, 15) is 15.0 Å². The summed E-state index contributed by atoms with van der Waals surface area (Å²) in [6.45, 7) is -0.516. The zero-order valence-electron chi connectivity index (χ0n) is 12.6. The lowest BCUT2D eigenvalue weighted by Gasteiger charge is -2.17. The molecule has 0 bridgehead atoms. The van der Waals surface area contributed by atoms with E-state index in [1.807, 2.05) is 17.5 Å². The molecule has 1 aromatic carbocycles. The Morgan fingerprint density at radius 1 is 1.21 bits per heavy atom. The second-order valence-corrected chi connectivity index (χ2v) is 6.09. The van der Waals surface area contributed by atoms with Crippen LogP contribution in [0.1, 0.15) is 10.4 Å². The largest absolute Gasteiger partial charge is 0.394 e. The number of amides is 1. The summed E-state index contributed by atoms with van der Waals surface area (Å²) in [4.78, 5) is 21.5. The van der Waals surface area contributed by atoms with E-state index in [1.54, 1.807) is 18.2 Å².